The molecular weight excluding hydrogens is 302 g/mol. The Kier molecular flexibility index (Phi) is 7.19. The van der Waals surface area contributed by atoms with E-state index in [1.54, 1.807) is 6.07 Å². The molecule has 0 bridgehead atoms. The number of benzene rings is 1. The SMILES string of the molecule is C=CCC(=O)OCc1ccc(COC(=O)CC=C)c([N+](=O)[O-])c1. The zero-order valence-corrected chi connectivity index (χ0v) is 12.5. The molecule has 0 aliphatic rings. The highest BCUT2D eigenvalue weighted by molar-refractivity contribution is 5.71. The summed E-state index contributed by atoms with van der Waals surface area (Å²) >= 11 is 0. The van der Waals surface area contributed by atoms with Crippen LogP contribution in [0.1, 0.15) is 24.0 Å². The molecule has 1 aromatic rings. The highest BCUT2D eigenvalue weighted by Gasteiger charge is 2.16. The summed E-state index contributed by atoms with van der Waals surface area (Å²) in [4.78, 5) is 33.1. The third kappa shape index (κ3) is 6.13. The maximum Gasteiger partial charge on any atom is 0.309 e. The van der Waals surface area contributed by atoms with Crippen LogP contribution < -0.4 is 0 Å². The maximum absolute atomic E-state index is 11.3. The van der Waals surface area contributed by atoms with Gasteiger partial charge in [0.1, 0.15) is 13.2 Å². The lowest BCUT2D eigenvalue weighted by Gasteiger charge is -2.07. The fraction of sp³-hybridized carbons (Fsp3) is 0.250. The Bertz CT molecular complexity index is 623. The van der Waals surface area contributed by atoms with Crippen LogP contribution in [0.4, 0.5) is 5.69 Å². The van der Waals surface area contributed by atoms with E-state index in [4.69, 9.17) is 9.47 Å². The van der Waals surface area contributed by atoms with E-state index in [1.807, 2.05) is 0 Å². The van der Waals surface area contributed by atoms with Gasteiger partial charge in [-0.05, 0) is 11.6 Å². The predicted molar refractivity (Wildman–Crippen MR) is 82.3 cm³/mol. The molecule has 7 heteroatoms. The molecule has 122 valence electrons. The molecule has 1 aromatic carbocycles. The Labute approximate surface area is 133 Å². The summed E-state index contributed by atoms with van der Waals surface area (Å²) in [7, 11) is 0. The lowest BCUT2D eigenvalue weighted by molar-refractivity contribution is -0.385. The van der Waals surface area contributed by atoms with Crippen LogP contribution in [0.15, 0.2) is 43.5 Å². The van der Waals surface area contributed by atoms with Crippen molar-refractivity contribution in [2.24, 2.45) is 0 Å². The predicted octanol–water partition coefficient (Wildman–Crippen LogP) is 2.83. The molecule has 0 amide bonds. The molecular formula is C16H17NO6. The Morgan fingerprint density at radius 3 is 2.17 bits per heavy atom. The number of rotatable bonds is 9. The zero-order chi connectivity index (χ0) is 17.2. The first kappa shape index (κ1) is 18.1. The molecule has 0 spiro atoms. The third-order valence-electron chi connectivity index (χ3n) is 2.76. The second kappa shape index (κ2) is 9.14. The van der Waals surface area contributed by atoms with E-state index in [-0.39, 0.29) is 37.3 Å². The van der Waals surface area contributed by atoms with Crippen molar-refractivity contribution in [3.63, 3.8) is 0 Å². The van der Waals surface area contributed by atoms with Crippen LogP contribution in [0.3, 0.4) is 0 Å². The standard InChI is InChI=1S/C16H17NO6/c1-3-5-15(18)22-10-12-7-8-13(14(9-12)17(20)21)11-23-16(19)6-4-2/h3-4,7-9H,1-2,5-6,10-11H2. The van der Waals surface area contributed by atoms with E-state index >= 15 is 0 Å². The van der Waals surface area contributed by atoms with Crippen LogP contribution in [0.5, 0.6) is 0 Å². The number of esters is 2. The summed E-state index contributed by atoms with van der Waals surface area (Å²) in [6, 6.07) is 4.33. The summed E-state index contributed by atoms with van der Waals surface area (Å²) < 4.78 is 9.86. The fourth-order valence-corrected chi connectivity index (χ4v) is 1.67. The summed E-state index contributed by atoms with van der Waals surface area (Å²) in [5, 5.41) is 11.1. The molecule has 0 radical (unpaired) electrons. The van der Waals surface area contributed by atoms with Crippen LogP contribution in [-0.4, -0.2) is 16.9 Å². The molecule has 0 heterocycles. The van der Waals surface area contributed by atoms with Crippen molar-refractivity contribution in [2.45, 2.75) is 26.1 Å². The molecule has 0 N–H and O–H groups in total. The second-order valence-corrected chi connectivity index (χ2v) is 4.53. The highest BCUT2D eigenvalue weighted by atomic mass is 16.6. The van der Waals surface area contributed by atoms with Gasteiger partial charge in [0.15, 0.2) is 0 Å². The van der Waals surface area contributed by atoms with E-state index in [9.17, 15) is 19.7 Å². The molecule has 0 atom stereocenters. The minimum Gasteiger partial charge on any atom is -0.461 e. The van der Waals surface area contributed by atoms with Crippen molar-refractivity contribution in [1.82, 2.24) is 0 Å². The Morgan fingerprint density at radius 2 is 1.65 bits per heavy atom. The van der Waals surface area contributed by atoms with Crippen molar-refractivity contribution < 1.29 is 24.0 Å². The van der Waals surface area contributed by atoms with Gasteiger partial charge < -0.3 is 9.47 Å². The maximum atomic E-state index is 11.3. The van der Waals surface area contributed by atoms with Crippen LogP contribution >= 0.6 is 0 Å². The summed E-state index contributed by atoms with van der Waals surface area (Å²) in [5.74, 6) is -0.984. The van der Waals surface area contributed by atoms with Gasteiger partial charge in [-0.1, -0.05) is 18.2 Å². The van der Waals surface area contributed by atoms with Gasteiger partial charge in [-0.2, -0.15) is 0 Å². The van der Waals surface area contributed by atoms with Crippen molar-refractivity contribution >= 4 is 17.6 Å². The number of nitrogens with zero attached hydrogens (tertiary/aromatic N) is 1. The number of carbonyl (C=O) groups excluding carboxylic acids is 2. The molecule has 23 heavy (non-hydrogen) atoms. The van der Waals surface area contributed by atoms with Crippen LogP contribution in [0, 0.1) is 10.1 Å². The third-order valence-corrected chi connectivity index (χ3v) is 2.76. The zero-order valence-electron chi connectivity index (χ0n) is 12.5. The molecule has 7 nitrogen and oxygen atoms in total. The van der Waals surface area contributed by atoms with Gasteiger partial charge in [0, 0.05) is 6.07 Å². The van der Waals surface area contributed by atoms with Gasteiger partial charge in [0.25, 0.3) is 5.69 Å². The van der Waals surface area contributed by atoms with E-state index in [0.717, 1.165) is 0 Å². The average Bonchev–Trinajstić information content (AvgIpc) is 2.51. The molecule has 0 saturated heterocycles. The fourth-order valence-electron chi connectivity index (χ4n) is 1.67. The number of hydrogen-bond donors (Lipinski definition) is 0. The molecule has 0 aliphatic heterocycles. The molecule has 0 saturated carbocycles. The summed E-state index contributed by atoms with van der Waals surface area (Å²) in [6.07, 6.45) is 2.90. The second-order valence-electron chi connectivity index (χ2n) is 4.53. The van der Waals surface area contributed by atoms with E-state index in [2.05, 4.69) is 13.2 Å². The van der Waals surface area contributed by atoms with E-state index in [1.165, 1.54) is 24.3 Å². The first-order valence-corrected chi connectivity index (χ1v) is 6.77. The van der Waals surface area contributed by atoms with Gasteiger partial charge in [0.2, 0.25) is 0 Å². The average molecular weight is 319 g/mol. The van der Waals surface area contributed by atoms with Crippen molar-refractivity contribution in [2.75, 3.05) is 0 Å². The molecule has 0 aromatic heterocycles. The minimum absolute atomic E-state index is 0.0329. The number of nitro groups is 1. The Hall–Kier alpha value is -2.96. The van der Waals surface area contributed by atoms with Crippen LogP contribution in [-0.2, 0) is 32.3 Å². The van der Waals surface area contributed by atoms with Gasteiger partial charge in [-0.15, -0.1) is 13.2 Å². The van der Waals surface area contributed by atoms with Crippen molar-refractivity contribution in [3.8, 4) is 0 Å². The van der Waals surface area contributed by atoms with Crippen LogP contribution in [0.2, 0.25) is 0 Å². The highest BCUT2D eigenvalue weighted by Crippen LogP contribution is 2.22. The van der Waals surface area contributed by atoms with Gasteiger partial charge in [-0.25, -0.2) is 0 Å². The number of hydrogen-bond acceptors (Lipinski definition) is 6. The molecule has 1 rings (SSSR count). The molecule has 0 unspecified atom stereocenters. The van der Waals surface area contributed by atoms with Gasteiger partial charge in [0.05, 0.1) is 23.3 Å². The number of nitro benzene ring substituents is 1. The largest absolute Gasteiger partial charge is 0.461 e. The topological polar surface area (TPSA) is 95.7 Å². The summed E-state index contributed by atoms with van der Waals surface area (Å²) in [6.45, 7) is 6.53. The minimum atomic E-state index is -0.578. The van der Waals surface area contributed by atoms with E-state index in [0.29, 0.717) is 5.56 Å². The molecule has 0 fully saturated rings. The lowest BCUT2D eigenvalue weighted by atomic mass is 10.1. The van der Waals surface area contributed by atoms with Crippen LogP contribution in [0.25, 0.3) is 0 Å². The lowest BCUT2D eigenvalue weighted by Crippen LogP contribution is -2.06. The number of ether oxygens (including phenoxy) is 2. The molecule has 0 aliphatic carbocycles. The first-order chi connectivity index (χ1) is 11.0. The number of carbonyl (C=O) groups is 2. The van der Waals surface area contributed by atoms with Gasteiger partial charge >= 0.3 is 11.9 Å². The Balaban J connectivity index is 2.79. The normalized spacial score (nSPS) is 9.74. The summed E-state index contributed by atoms with van der Waals surface area (Å²) in [5.41, 5.74) is 0.525. The Morgan fingerprint density at radius 1 is 1.09 bits per heavy atom. The van der Waals surface area contributed by atoms with Gasteiger partial charge in [-0.3, -0.25) is 19.7 Å². The quantitative estimate of drug-likeness (QED) is 0.300. The van der Waals surface area contributed by atoms with E-state index < -0.39 is 16.9 Å². The smallest absolute Gasteiger partial charge is 0.309 e. The van der Waals surface area contributed by atoms with Crippen molar-refractivity contribution in [3.05, 3.63) is 64.8 Å². The first-order valence-electron chi connectivity index (χ1n) is 6.77. The van der Waals surface area contributed by atoms with Crippen molar-refractivity contribution in [1.29, 1.82) is 0 Å². The monoisotopic (exact) mass is 319 g/mol.